The Morgan fingerprint density at radius 1 is 1.20 bits per heavy atom. The van der Waals surface area contributed by atoms with Gasteiger partial charge in [-0.3, -0.25) is 0 Å². The first kappa shape index (κ1) is 8.46. The lowest BCUT2D eigenvalue weighted by atomic mass is 10.3. The van der Waals surface area contributed by atoms with Crippen LogP contribution in [0.2, 0.25) is 0 Å². The topological polar surface area (TPSA) is 47.6 Å². The van der Waals surface area contributed by atoms with Gasteiger partial charge in [-0.25, -0.2) is 0 Å². The van der Waals surface area contributed by atoms with E-state index >= 15 is 0 Å². The molecule has 0 amide bonds. The highest BCUT2D eigenvalue weighted by Crippen LogP contribution is 1.88. The first-order valence-corrected chi connectivity index (χ1v) is 3.00. The lowest BCUT2D eigenvalue weighted by Gasteiger charge is -1.76. The number of nitrogens with zero attached hydrogens (tertiary/aromatic N) is 2. The first-order valence-electron chi connectivity index (χ1n) is 3.00. The minimum atomic E-state index is 0.539. The molecular formula is C8H8N2. The average molecular weight is 132 g/mol. The van der Waals surface area contributed by atoms with Crippen LogP contribution in [0.1, 0.15) is 12.8 Å². The van der Waals surface area contributed by atoms with Crippen LogP contribution >= 0.6 is 0 Å². The highest BCUT2D eigenvalue weighted by Gasteiger charge is 1.73. The molecule has 0 saturated heterocycles. The van der Waals surface area contributed by atoms with E-state index in [1.807, 2.05) is 18.2 Å². The van der Waals surface area contributed by atoms with Gasteiger partial charge in [0, 0.05) is 12.5 Å². The number of hydrogen-bond donors (Lipinski definition) is 0. The average Bonchev–Trinajstić information content (AvgIpc) is 1.97. The number of rotatable bonds is 3. The summed E-state index contributed by atoms with van der Waals surface area (Å²) in [5, 5.41) is 16.2. The van der Waals surface area contributed by atoms with Gasteiger partial charge in [-0.2, -0.15) is 10.5 Å². The van der Waals surface area contributed by atoms with Crippen molar-refractivity contribution in [1.82, 2.24) is 0 Å². The molecule has 2 heteroatoms. The summed E-state index contributed by atoms with van der Waals surface area (Å²) in [6.07, 6.45) is 7.96. The third-order valence-electron chi connectivity index (χ3n) is 0.841. The van der Waals surface area contributed by atoms with E-state index in [1.54, 1.807) is 12.2 Å². The summed E-state index contributed by atoms with van der Waals surface area (Å²) >= 11 is 0. The summed E-state index contributed by atoms with van der Waals surface area (Å²) in [5.41, 5.74) is 0. The Bertz CT molecular complexity index is 200. The molecule has 0 unspecified atom stereocenters. The van der Waals surface area contributed by atoms with Crippen LogP contribution in [0.4, 0.5) is 0 Å². The standard InChI is InChI=1S/C8H8N2/c9-7-5-3-1-2-4-6-8-10/h1-3,5H,4,6H2/b2-1-,5-3-. The molecule has 0 spiro atoms. The third-order valence-corrected chi connectivity index (χ3v) is 0.841. The smallest absolute Gasteiger partial charge is 0.0912 e. The molecule has 0 aliphatic rings. The molecule has 0 aromatic heterocycles. The summed E-state index contributed by atoms with van der Waals surface area (Å²) in [4.78, 5) is 0. The fraction of sp³-hybridized carbons (Fsp3) is 0.250. The van der Waals surface area contributed by atoms with Crippen LogP contribution in [-0.2, 0) is 0 Å². The molecule has 0 saturated carbocycles. The van der Waals surface area contributed by atoms with Crippen LogP contribution in [0.25, 0.3) is 0 Å². The largest absolute Gasteiger partial charge is 0.198 e. The molecule has 0 aromatic rings. The Balaban J connectivity index is 3.33. The molecule has 0 fully saturated rings. The van der Waals surface area contributed by atoms with E-state index in [0.29, 0.717) is 6.42 Å². The predicted molar refractivity (Wildman–Crippen MR) is 38.7 cm³/mol. The SMILES string of the molecule is N#C/C=C\C=C/CCC#N. The van der Waals surface area contributed by atoms with Crippen molar-refractivity contribution in [2.75, 3.05) is 0 Å². The molecule has 0 aliphatic carbocycles. The van der Waals surface area contributed by atoms with E-state index in [2.05, 4.69) is 0 Å². The van der Waals surface area contributed by atoms with Crippen molar-refractivity contribution in [2.45, 2.75) is 12.8 Å². The van der Waals surface area contributed by atoms with Crippen molar-refractivity contribution in [2.24, 2.45) is 0 Å². The van der Waals surface area contributed by atoms with Crippen molar-refractivity contribution in [3.05, 3.63) is 24.3 Å². The Kier molecular flexibility index (Phi) is 6.31. The molecule has 0 bridgehead atoms. The highest BCUT2D eigenvalue weighted by molar-refractivity contribution is 5.11. The van der Waals surface area contributed by atoms with Gasteiger partial charge < -0.3 is 0 Å². The van der Waals surface area contributed by atoms with Crippen LogP contribution in [0.15, 0.2) is 24.3 Å². The van der Waals surface area contributed by atoms with E-state index in [4.69, 9.17) is 10.5 Å². The van der Waals surface area contributed by atoms with Crippen molar-refractivity contribution in [3.63, 3.8) is 0 Å². The normalized spacial score (nSPS) is 9.80. The Morgan fingerprint density at radius 3 is 2.60 bits per heavy atom. The van der Waals surface area contributed by atoms with Crippen molar-refractivity contribution >= 4 is 0 Å². The molecule has 0 radical (unpaired) electrons. The molecule has 2 nitrogen and oxygen atoms in total. The lowest BCUT2D eigenvalue weighted by Crippen LogP contribution is -1.61. The predicted octanol–water partition coefficient (Wildman–Crippen LogP) is 1.93. The van der Waals surface area contributed by atoms with Gasteiger partial charge in [-0.05, 0) is 6.42 Å². The molecular weight excluding hydrogens is 124 g/mol. The second-order valence-electron chi connectivity index (χ2n) is 1.61. The number of nitriles is 2. The number of unbranched alkanes of at least 4 members (excludes halogenated alkanes) is 1. The van der Waals surface area contributed by atoms with Gasteiger partial charge >= 0.3 is 0 Å². The maximum absolute atomic E-state index is 8.11. The van der Waals surface area contributed by atoms with Crippen LogP contribution in [-0.4, -0.2) is 0 Å². The lowest BCUT2D eigenvalue weighted by molar-refractivity contribution is 1.06. The van der Waals surface area contributed by atoms with Gasteiger partial charge in [0.05, 0.1) is 12.1 Å². The quantitative estimate of drug-likeness (QED) is 0.334. The summed E-state index contributed by atoms with van der Waals surface area (Å²) in [6, 6.07) is 3.88. The van der Waals surface area contributed by atoms with Crippen LogP contribution in [0, 0.1) is 22.7 Å². The van der Waals surface area contributed by atoms with Crippen LogP contribution < -0.4 is 0 Å². The van der Waals surface area contributed by atoms with Crippen molar-refractivity contribution in [3.8, 4) is 12.1 Å². The molecule has 0 N–H and O–H groups in total. The first-order chi connectivity index (χ1) is 4.91. The van der Waals surface area contributed by atoms with Gasteiger partial charge in [0.25, 0.3) is 0 Å². The van der Waals surface area contributed by atoms with E-state index in [9.17, 15) is 0 Å². The number of hydrogen-bond acceptors (Lipinski definition) is 2. The van der Waals surface area contributed by atoms with Crippen molar-refractivity contribution < 1.29 is 0 Å². The molecule has 50 valence electrons. The second-order valence-corrected chi connectivity index (χ2v) is 1.61. The Hall–Kier alpha value is -1.54. The fourth-order valence-electron chi connectivity index (χ4n) is 0.421. The molecule has 0 aliphatic heterocycles. The van der Waals surface area contributed by atoms with Crippen molar-refractivity contribution in [1.29, 1.82) is 10.5 Å². The maximum atomic E-state index is 8.11. The zero-order chi connectivity index (χ0) is 7.66. The second kappa shape index (κ2) is 7.46. The summed E-state index contributed by atoms with van der Waals surface area (Å²) in [7, 11) is 0. The molecule has 10 heavy (non-hydrogen) atoms. The van der Waals surface area contributed by atoms with Gasteiger partial charge in [-0.1, -0.05) is 18.2 Å². The Morgan fingerprint density at radius 2 is 2.00 bits per heavy atom. The maximum Gasteiger partial charge on any atom is 0.0912 e. The van der Waals surface area contributed by atoms with Gasteiger partial charge in [-0.15, -0.1) is 0 Å². The van der Waals surface area contributed by atoms with Crippen LogP contribution in [0.5, 0.6) is 0 Å². The van der Waals surface area contributed by atoms with E-state index in [1.165, 1.54) is 6.08 Å². The number of allylic oxidation sites excluding steroid dienone is 4. The van der Waals surface area contributed by atoms with Gasteiger partial charge in [0.1, 0.15) is 0 Å². The van der Waals surface area contributed by atoms with Gasteiger partial charge in [0.15, 0.2) is 0 Å². The van der Waals surface area contributed by atoms with Crippen LogP contribution in [0.3, 0.4) is 0 Å². The molecule has 0 heterocycles. The molecule has 0 aromatic carbocycles. The minimum Gasteiger partial charge on any atom is -0.198 e. The highest BCUT2D eigenvalue weighted by atomic mass is 14.2. The van der Waals surface area contributed by atoms with E-state index in [0.717, 1.165) is 6.42 Å². The minimum absolute atomic E-state index is 0.539. The Labute approximate surface area is 60.7 Å². The molecule has 0 rings (SSSR count). The van der Waals surface area contributed by atoms with E-state index in [-0.39, 0.29) is 0 Å². The zero-order valence-electron chi connectivity index (χ0n) is 5.62. The summed E-state index contributed by atoms with van der Waals surface area (Å²) in [5.74, 6) is 0. The van der Waals surface area contributed by atoms with E-state index < -0.39 is 0 Å². The fourth-order valence-corrected chi connectivity index (χ4v) is 0.421. The zero-order valence-corrected chi connectivity index (χ0v) is 5.62. The molecule has 0 atom stereocenters. The van der Waals surface area contributed by atoms with Gasteiger partial charge in [0.2, 0.25) is 0 Å². The third kappa shape index (κ3) is 6.46. The summed E-state index contributed by atoms with van der Waals surface area (Å²) in [6.45, 7) is 0. The monoisotopic (exact) mass is 132 g/mol. The summed E-state index contributed by atoms with van der Waals surface area (Å²) < 4.78 is 0.